The fourth-order valence-corrected chi connectivity index (χ4v) is 4.29. The van der Waals surface area contributed by atoms with Crippen molar-refractivity contribution in [2.24, 2.45) is 5.41 Å². The van der Waals surface area contributed by atoms with Crippen molar-refractivity contribution in [2.75, 3.05) is 20.3 Å². The van der Waals surface area contributed by atoms with Gasteiger partial charge in [-0.2, -0.15) is 0 Å². The van der Waals surface area contributed by atoms with Crippen molar-refractivity contribution in [3.8, 4) is 16.9 Å². The standard InChI is InChI=1S/C27H28FNO3/c1-31-25-5-3-2-4-24(25)22-10-6-20(7-11-22)18-27(14-16-32-17-15-27)26(30)29-19-21-8-12-23(28)13-9-21/h2-13H,14-19H2,1H3,(H,29,30). The quantitative estimate of drug-likeness (QED) is 0.560. The van der Waals surface area contributed by atoms with E-state index >= 15 is 0 Å². The Labute approximate surface area is 188 Å². The first kappa shape index (κ1) is 22.0. The maximum atomic E-state index is 13.3. The summed E-state index contributed by atoms with van der Waals surface area (Å²) in [4.78, 5) is 13.3. The van der Waals surface area contributed by atoms with Crippen molar-refractivity contribution < 1.29 is 18.7 Å². The van der Waals surface area contributed by atoms with Crippen molar-refractivity contribution in [1.82, 2.24) is 5.32 Å². The van der Waals surface area contributed by atoms with Crippen LogP contribution in [0.4, 0.5) is 4.39 Å². The Balaban J connectivity index is 1.49. The maximum absolute atomic E-state index is 13.3. The fourth-order valence-electron chi connectivity index (χ4n) is 4.29. The van der Waals surface area contributed by atoms with E-state index in [-0.39, 0.29) is 11.7 Å². The molecule has 0 unspecified atom stereocenters. The second-order valence-electron chi connectivity index (χ2n) is 8.28. The number of nitrogens with one attached hydrogen (secondary N) is 1. The van der Waals surface area contributed by atoms with Crippen molar-refractivity contribution in [1.29, 1.82) is 0 Å². The largest absolute Gasteiger partial charge is 0.496 e. The highest BCUT2D eigenvalue weighted by Crippen LogP contribution is 2.36. The Morgan fingerprint density at radius 2 is 1.62 bits per heavy atom. The molecule has 0 spiro atoms. The SMILES string of the molecule is COc1ccccc1-c1ccc(CC2(C(=O)NCc3ccc(F)cc3)CCOCC2)cc1. The monoisotopic (exact) mass is 433 g/mol. The van der Waals surface area contributed by atoms with Gasteiger partial charge in [0, 0.05) is 25.3 Å². The van der Waals surface area contributed by atoms with Crippen LogP contribution in [-0.2, 0) is 22.5 Å². The van der Waals surface area contributed by atoms with Gasteiger partial charge in [0.2, 0.25) is 5.91 Å². The van der Waals surface area contributed by atoms with E-state index in [2.05, 4.69) is 29.6 Å². The molecule has 0 bridgehead atoms. The molecular weight excluding hydrogens is 405 g/mol. The fraction of sp³-hybridized carbons (Fsp3) is 0.296. The highest BCUT2D eigenvalue weighted by atomic mass is 19.1. The normalized spacial score (nSPS) is 15.2. The summed E-state index contributed by atoms with van der Waals surface area (Å²) in [6.45, 7) is 1.53. The van der Waals surface area contributed by atoms with Crippen LogP contribution in [0.1, 0.15) is 24.0 Å². The van der Waals surface area contributed by atoms with Gasteiger partial charge >= 0.3 is 0 Å². The molecule has 3 aromatic carbocycles. The molecule has 5 heteroatoms. The summed E-state index contributed by atoms with van der Waals surface area (Å²) in [5.74, 6) is 0.581. The molecule has 0 aliphatic carbocycles. The summed E-state index contributed by atoms with van der Waals surface area (Å²) < 4.78 is 24.2. The first-order valence-electron chi connectivity index (χ1n) is 10.9. The number of methoxy groups -OCH3 is 1. The lowest BCUT2D eigenvalue weighted by Crippen LogP contribution is -2.45. The van der Waals surface area contributed by atoms with Gasteiger partial charge in [-0.3, -0.25) is 4.79 Å². The molecule has 1 heterocycles. The number of rotatable bonds is 7. The summed E-state index contributed by atoms with van der Waals surface area (Å²) in [5.41, 5.74) is 3.60. The van der Waals surface area contributed by atoms with Crippen LogP contribution in [0.25, 0.3) is 11.1 Å². The van der Waals surface area contributed by atoms with Crippen LogP contribution in [-0.4, -0.2) is 26.2 Å². The van der Waals surface area contributed by atoms with E-state index in [1.54, 1.807) is 19.2 Å². The molecule has 1 amide bonds. The summed E-state index contributed by atoms with van der Waals surface area (Å²) in [7, 11) is 1.67. The van der Waals surface area contributed by atoms with Crippen molar-refractivity contribution in [3.05, 3.63) is 89.7 Å². The molecule has 1 saturated heterocycles. The lowest BCUT2D eigenvalue weighted by molar-refractivity contribution is -0.136. The summed E-state index contributed by atoms with van der Waals surface area (Å²) >= 11 is 0. The van der Waals surface area contributed by atoms with Gasteiger partial charge in [0.1, 0.15) is 11.6 Å². The molecule has 4 nitrogen and oxygen atoms in total. The van der Waals surface area contributed by atoms with Gasteiger partial charge < -0.3 is 14.8 Å². The molecule has 1 aliphatic rings. The Morgan fingerprint density at radius 3 is 2.31 bits per heavy atom. The molecular formula is C27H28FNO3. The third-order valence-electron chi connectivity index (χ3n) is 6.21. The van der Waals surface area contributed by atoms with E-state index in [1.807, 2.05) is 24.3 Å². The highest BCUT2D eigenvalue weighted by molar-refractivity contribution is 5.83. The highest BCUT2D eigenvalue weighted by Gasteiger charge is 2.39. The van der Waals surface area contributed by atoms with Gasteiger partial charge in [0.05, 0.1) is 12.5 Å². The van der Waals surface area contributed by atoms with Crippen LogP contribution in [0.5, 0.6) is 5.75 Å². The minimum Gasteiger partial charge on any atom is -0.496 e. The average molecular weight is 434 g/mol. The number of hydrogen-bond acceptors (Lipinski definition) is 3. The Bertz CT molecular complexity index is 1040. The van der Waals surface area contributed by atoms with Crippen LogP contribution < -0.4 is 10.1 Å². The first-order chi connectivity index (χ1) is 15.6. The van der Waals surface area contributed by atoms with Crippen LogP contribution in [0.3, 0.4) is 0 Å². The van der Waals surface area contributed by atoms with Gasteiger partial charge in [0.15, 0.2) is 0 Å². The summed E-state index contributed by atoms with van der Waals surface area (Å²) in [6, 6.07) is 22.5. The average Bonchev–Trinajstić information content (AvgIpc) is 2.84. The van der Waals surface area contributed by atoms with Crippen LogP contribution >= 0.6 is 0 Å². The van der Waals surface area contributed by atoms with Crippen molar-refractivity contribution in [2.45, 2.75) is 25.8 Å². The molecule has 32 heavy (non-hydrogen) atoms. The molecule has 0 radical (unpaired) electrons. The second kappa shape index (κ2) is 9.96. The lowest BCUT2D eigenvalue weighted by atomic mass is 9.74. The van der Waals surface area contributed by atoms with Crippen molar-refractivity contribution >= 4 is 5.91 Å². The number of benzene rings is 3. The Morgan fingerprint density at radius 1 is 0.969 bits per heavy atom. The third kappa shape index (κ3) is 5.00. The maximum Gasteiger partial charge on any atom is 0.226 e. The molecule has 0 saturated carbocycles. The smallest absolute Gasteiger partial charge is 0.226 e. The van der Waals surface area contributed by atoms with E-state index in [4.69, 9.17) is 9.47 Å². The number of para-hydroxylation sites is 1. The molecule has 0 aromatic heterocycles. The van der Waals surface area contributed by atoms with E-state index in [0.29, 0.717) is 39.0 Å². The summed E-state index contributed by atoms with van der Waals surface area (Å²) in [5, 5.41) is 3.07. The zero-order valence-corrected chi connectivity index (χ0v) is 18.3. The number of halogens is 1. The second-order valence-corrected chi connectivity index (χ2v) is 8.28. The van der Waals surface area contributed by atoms with Crippen LogP contribution in [0, 0.1) is 11.2 Å². The van der Waals surface area contributed by atoms with E-state index in [9.17, 15) is 9.18 Å². The number of carbonyl (C=O) groups is 1. The number of amides is 1. The first-order valence-corrected chi connectivity index (χ1v) is 10.9. The van der Waals surface area contributed by atoms with E-state index in [0.717, 1.165) is 28.0 Å². The Hall–Kier alpha value is -3.18. The number of hydrogen-bond donors (Lipinski definition) is 1. The molecule has 1 fully saturated rings. The molecule has 1 N–H and O–H groups in total. The van der Waals surface area contributed by atoms with E-state index < -0.39 is 5.41 Å². The summed E-state index contributed by atoms with van der Waals surface area (Å²) in [6.07, 6.45) is 2.00. The zero-order chi connectivity index (χ0) is 22.4. The van der Waals surface area contributed by atoms with Crippen LogP contribution in [0.2, 0.25) is 0 Å². The van der Waals surface area contributed by atoms with Gasteiger partial charge in [-0.1, -0.05) is 54.6 Å². The number of ether oxygens (including phenoxy) is 2. The number of carbonyl (C=O) groups excluding carboxylic acids is 1. The minimum atomic E-state index is -0.510. The van der Waals surface area contributed by atoms with Gasteiger partial charge in [0.25, 0.3) is 0 Å². The van der Waals surface area contributed by atoms with Crippen molar-refractivity contribution in [3.63, 3.8) is 0 Å². The Kier molecular flexibility index (Phi) is 6.86. The molecule has 0 atom stereocenters. The topological polar surface area (TPSA) is 47.6 Å². The lowest BCUT2D eigenvalue weighted by Gasteiger charge is -2.36. The van der Waals surface area contributed by atoms with Crippen LogP contribution in [0.15, 0.2) is 72.8 Å². The van der Waals surface area contributed by atoms with Gasteiger partial charge in [-0.25, -0.2) is 4.39 Å². The van der Waals surface area contributed by atoms with Gasteiger partial charge in [-0.15, -0.1) is 0 Å². The predicted octanol–water partition coefficient (Wildman–Crippen LogP) is 5.16. The zero-order valence-electron chi connectivity index (χ0n) is 18.3. The van der Waals surface area contributed by atoms with E-state index in [1.165, 1.54) is 12.1 Å². The predicted molar refractivity (Wildman–Crippen MR) is 123 cm³/mol. The molecule has 166 valence electrons. The third-order valence-corrected chi connectivity index (χ3v) is 6.21. The molecule has 4 rings (SSSR count). The molecule has 3 aromatic rings. The molecule has 1 aliphatic heterocycles. The minimum absolute atomic E-state index is 0.0268. The van der Waals surface area contributed by atoms with Gasteiger partial charge in [-0.05, 0) is 54.2 Å².